The van der Waals surface area contributed by atoms with Crippen molar-refractivity contribution in [1.29, 1.82) is 0 Å². The molecule has 0 fully saturated rings. The summed E-state index contributed by atoms with van der Waals surface area (Å²) in [5.41, 5.74) is 0. The highest BCUT2D eigenvalue weighted by molar-refractivity contribution is 8.61. The van der Waals surface area contributed by atoms with Gasteiger partial charge >= 0.3 is 0 Å². The Balaban J connectivity index is 4.27. The molecule has 11 heavy (non-hydrogen) atoms. The van der Waals surface area contributed by atoms with Crippen molar-refractivity contribution in [3.05, 3.63) is 0 Å². The van der Waals surface area contributed by atoms with Crippen molar-refractivity contribution in [1.82, 2.24) is 4.72 Å². The molecule has 0 heterocycles. The minimum Gasteiger partial charge on any atom is -0.759 e. The van der Waals surface area contributed by atoms with E-state index in [1.165, 1.54) is 6.92 Å². The van der Waals surface area contributed by atoms with Crippen LogP contribution in [0.5, 0.6) is 0 Å². The first-order chi connectivity index (χ1) is 4.90. The smallest absolute Gasteiger partial charge is 0.280 e. The number of aliphatic hydroxyl groups excluding tert-OH is 1. The van der Waals surface area contributed by atoms with Crippen LogP contribution in [0.4, 0.5) is 0 Å². The van der Waals surface area contributed by atoms with Gasteiger partial charge in [0.05, 0.1) is 16.7 Å². The fourth-order valence-corrected chi connectivity index (χ4v) is 1.70. The molecule has 0 aromatic rings. The molecule has 0 radical (unpaired) electrons. The second-order valence-corrected chi connectivity index (χ2v) is 5.54. The van der Waals surface area contributed by atoms with Crippen LogP contribution in [-0.4, -0.2) is 34.9 Å². The molecular formula is C3H8NO5S2-. The number of hydrogen-bond donors (Lipinski definition) is 2. The van der Waals surface area contributed by atoms with Gasteiger partial charge in [-0.3, -0.25) is 4.21 Å². The first-order valence-corrected chi connectivity index (χ1v) is 5.70. The molecule has 6 nitrogen and oxygen atoms in total. The molecule has 0 rings (SSSR count). The van der Waals surface area contributed by atoms with Gasteiger partial charge in [-0.2, -0.15) is 8.42 Å². The van der Waals surface area contributed by atoms with E-state index in [2.05, 4.69) is 0 Å². The second kappa shape index (κ2) is 4.12. The lowest BCUT2D eigenvalue weighted by molar-refractivity contribution is 0.265. The Morgan fingerprint density at radius 2 is 2.18 bits per heavy atom. The quantitative estimate of drug-likeness (QED) is 0.408. The molecule has 0 saturated heterocycles. The fourth-order valence-electron chi connectivity index (χ4n) is 0.323. The Labute approximate surface area is 66.4 Å². The van der Waals surface area contributed by atoms with E-state index >= 15 is 0 Å². The van der Waals surface area contributed by atoms with Crippen molar-refractivity contribution in [3.63, 3.8) is 0 Å². The zero-order valence-corrected chi connectivity index (χ0v) is 7.31. The van der Waals surface area contributed by atoms with Crippen LogP contribution in [0.25, 0.3) is 0 Å². The maximum absolute atomic E-state index is 10.5. The summed E-state index contributed by atoms with van der Waals surface area (Å²) in [6.45, 7) is 0.890. The topological polar surface area (TPSA) is 107 Å². The van der Waals surface area contributed by atoms with Gasteiger partial charge in [-0.25, -0.2) is 4.72 Å². The van der Waals surface area contributed by atoms with Gasteiger partial charge in [0, 0.05) is 6.04 Å². The van der Waals surface area contributed by atoms with Crippen LogP contribution in [0.3, 0.4) is 0 Å². The molecular weight excluding hydrogens is 194 g/mol. The summed E-state index contributed by atoms with van der Waals surface area (Å²) in [6.07, 6.45) is 0. The Kier molecular flexibility index (Phi) is 4.11. The lowest BCUT2D eigenvalue weighted by atomic mass is 10.4. The lowest BCUT2D eigenvalue weighted by Crippen LogP contribution is -2.36. The Morgan fingerprint density at radius 1 is 1.73 bits per heavy atom. The van der Waals surface area contributed by atoms with Gasteiger partial charge in [0.1, 0.15) is 0 Å². The molecule has 8 heteroatoms. The molecule has 2 unspecified atom stereocenters. The minimum absolute atomic E-state index is 0.448. The van der Waals surface area contributed by atoms with Gasteiger partial charge in [0.15, 0.2) is 0 Å². The van der Waals surface area contributed by atoms with Crippen LogP contribution in [0, 0.1) is 0 Å². The van der Waals surface area contributed by atoms with Crippen molar-refractivity contribution in [3.8, 4) is 0 Å². The number of rotatable bonds is 4. The number of nitrogens with one attached hydrogen (secondary N) is 1. The SMILES string of the molecule is CC(CO)NS(=O)(=O)S(=O)[O-]. The summed E-state index contributed by atoms with van der Waals surface area (Å²) < 4.78 is 42.5. The fraction of sp³-hybridized carbons (Fsp3) is 1.00. The van der Waals surface area contributed by atoms with Crippen LogP contribution in [0.15, 0.2) is 0 Å². The number of hydrogen-bond acceptors (Lipinski definition) is 5. The lowest BCUT2D eigenvalue weighted by Gasteiger charge is -2.12. The Bertz CT molecular complexity index is 234. The van der Waals surface area contributed by atoms with Crippen molar-refractivity contribution in [2.75, 3.05) is 6.61 Å². The molecule has 0 aliphatic rings. The standard InChI is InChI=1S/C3H9NO5S2/c1-3(2-5)4-11(8,9)10(6)7/h3-5H,2H2,1H3,(H,6,7)/p-1. The highest BCUT2D eigenvalue weighted by Gasteiger charge is 2.13. The van der Waals surface area contributed by atoms with Crippen LogP contribution in [0.1, 0.15) is 6.92 Å². The molecule has 0 aromatic heterocycles. The van der Waals surface area contributed by atoms with Gasteiger partial charge in [-0.05, 0) is 6.92 Å². The molecule has 0 aliphatic heterocycles. The van der Waals surface area contributed by atoms with Crippen molar-refractivity contribution >= 4 is 19.2 Å². The normalized spacial score (nSPS) is 17.7. The molecule has 2 atom stereocenters. The van der Waals surface area contributed by atoms with Gasteiger partial charge in [0.2, 0.25) is 0 Å². The number of aliphatic hydroxyl groups is 1. The third-order valence-corrected chi connectivity index (χ3v) is 3.21. The van der Waals surface area contributed by atoms with E-state index in [-0.39, 0.29) is 0 Å². The summed E-state index contributed by atoms with van der Waals surface area (Å²) in [5.74, 6) is 0. The van der Waals surface area contributed by atoms with E-state index in [1.807, 2.05) is 0 Å². The Hall–Kier alpha value is -0.0200. The molecule has 2 N–H and O–H groups in total. The van der Waals surface area contributed by atoms with Crippen LogP contribution >= 0.6 is 0 Å². The highest BCUT2D eigenvalue weighted by Crippen LogP contribution is 1.91. The summed E-state index contributed by atoms with van der Waals surface area (Å²) in [7, 11) is -7.50. The average molecular weight is 202 g/mol. The van der Waals surface area contributed by atoms with Crippen LogP contribution in [0.2, 0.25) is 0 Å². The van der Waals surface area contributed by atoms with E-state index in [9.17, 15) is 17.2 Å². The van der Waals surface area contributed by atoms with E-state index < -0.39 is 31.8 Å². The first-order valence-electron chi connectivity index (χ1n) is 2.63. The minimum atomic E-state index is -4.30. The van der Waals surface area contributed by atoms with Crippen LogP contribution in [-0.2, 0) is 19.2 Å². The van der Waals surface area contributed by atoms with Gasteiger partial charge < -0.3 is 9.66 Å². The Morgan fingerprint density at radius 3 is 2.45 bits per heavy atom. The molecule has 0 aromatic carbocycles. The summed E-state index contributed by atoms with van der Waals surface area (Å²) in [6, 6.07) is -0.794. The van der Waals surface area contributed by atoms with Crippen LogP contribution < -0.4 is 4.72 Å². The molecule has 68 valence electrons. The third-order valence-electron chi connectivity index (χ3n) is 0.799. The zero-order chi connectivity index (χ0) is 9.07. The molecule has 0 amide bonds. The summed E-state index contributed by atoms with van der Waals surface area (Å²) in [5, 5.41) is 8.35. The maximum atomic E-state index is 10.5. The van der Waals surface area contributed by atoms with E-state index in [0.717, 1.165) is 0 Å². The maximum Gasteiger partial charge on any atom is 0.280 e. The second-order valence-electron chi connectivity index (χ2n) is 1.86. The van der Waals surface area contributed by atoms with Gasteiger partial charge in [-0.15, -0.1) is 0 Å². The highest BCUT2D eigenvalue weighted by atomic mass is 33.2. The molecule has 0 aliphatic carbocycles. The molecule has 0 bridgehead atoms. The van der Waals surface area contributed by atoms with Crippen molar-refractivity contribution in [2.24, 2.45) is 0 Å². The first kappa shape index (κ1) is 11.0. The van der Waals surface area contributed by atoms with E-state index in [0.29, 0.717) is 0 Å². The summed E-state index contributed by atoms with van der Waals surface area (Å²) in [4.78, 5) is 0. The predicted octanol–water partition coefficient (Wildman–Crippen LogP) is -1.92. The van der Waals surface area contributed by atoms with Crippen molar-refractivity contribution < 1.29 is 22.3 Å². The molecule has 0 spiro atoms. The average Bonchev–Trinajstić information content (AvgIpc) is 1.86. The monoisotopic (exact) mass is 202 g/mol. The van der Waals surface area contributed by atoms with E-state index in [1.54, 1.807) is 4.72 Å². The van der Waals surface area contributed by atoms with Gasteiger partial charge in [-0.1, -0.05) is 0 Å². The van der Waals surface area contributed by atoms with Crippen molar-refractivity contribution in [2.45, 2.75) is 13.0 Å². The summed E-state index contributed by atoms with van der Waals surface area (Å²) >= 11 is 0. The largest absolute Gasteiger partial charge is 0.759 e. The van der Waals surface area contributed by atoms with Gasteiger partial charge in [0.25, 0.3) is 9.06 Å². The molecule has 0 saturated carbocycles. The zero-order valence-electron chi connectivity index (χ0n) is 5.68. The predicted molar refractivity (Wildman–Crippen MR) is 37.5 cm³/mol. The van der Waals surface area contributed by atoms with E-state index in [4.69, 9.17) is 5.11 Å². The third kappa shape index (κ3) is 3.77.